The average Bonchev–Trinajstić information content (AvgIpc) is 3.10. The van der Waals surface area contributed by atoms with E-state index in [1.165, 1.54) is 0 Å². The molecular weight excluding hydrogens is 430 g/mol. The van der Waals surface area contributed by atoms with E-state index in [1.54, 1.807) is 48.5 Å². The van der Waals surface area contributed by atoms with Crippen molar-refractivity contribution < 1.29 is 19.2 Å². The monoisotopic (exact) mass is 453 g/mol. The molecule has 5 rings (SSSR count). The van der Waals surface area contributed by atoms with E-state index >= 15 is 0 Å². The number of hydrogen-bond donors (Lipinski definition) is 2. The molecular formula is C27H23N3O4. The van der Waals surface area contributed by atoms with Crippen LogP contribution in [0, 0.1) is 0 Å². The third kappa shape index (κ3) is 3.75. The van der Waals surface area contributed by atoms with Crippen LogP contribution in [-0.4, -0.2) is 35.1 Å². The summed E-state index contributed by atoms with van der Waals surface area (Å²) in [5.41, 5.74) is 2.18. The molecule has 3 aromatic rings. The number of nitrogens with zero attached hydrogens (tertiary/aromatic N) is 1. The van der Waals surface area contributed by atoms with Crippen molar-refractivity contribution in [2.75, 3.05) is 11.9 Å². The van der Waals surface area contributed by atoms with Gasteiger partial charge in [-0.25, -0.2) is 4.79 Å². The molecule has 1 aliphatic carbocycles. The van der Waals surface area contributed by atoms with E-state index in [4.69, 9.17) is 0 Å². The van der Waals surface area contributed by atoms with Gasteiger partial charge in [-0.15, -0.1) is 0 Å². The maximum atomic E-state index is 13.4. The molecule has 0 aromatic heterocycles. The van der Waals surface area contributed by atoms with Gasteiger partial charge in [0.15, 0.2) is 5.78 Å². The number of hydrogen-bond acceptors (Lipinski definition) is 4. The Morgan fingerprint density at radius 2 is 1.59 bits per heavy atom. The smallest absolute Gasteiger partial charge is 0.322 e. The fourth-order valence-corrected chi connectivity index (χ4v) is 4.72. The summed E-state index contributed by atoms with van der Waals surface area (Å²) in [6.45, 7) is -0.343. The third-order valence-corrected chi connectivity index (χ3v) is 6.45. The van der Waals surface area contributed by atoms with Gasteiger partial charge >= 0.3 is 6.03 Å². The van der Waals surface area contributed by atoms with Gasteiger partial charge in [-0.1, -0.05) is 42.5 Å². The maximum Gasteiger partial charge on any atom is 0.325 e. The second kappa shape index (κ2) is 8.59. The Labute approximate surface area is 196 Å². The van der Waals surface area contributed by atoms with Crippen LogP contribution in [-0.2, 0) is 16.8 Å². The van der Waals surface area contributed by atoms with E-state index in [0.29, 0.717) is 23.2 Å². The number of urea groups is 1. The molecule has 170 valence electrons. The first-order valence-corrected chi connectivity index (χ1v) is 11.2. The fraction of sp³-hybridized carbons (Fsp3) is 0.185. The molecule has 0 bridgehead atoms. The molecule has 3 aromatic carbocycles. The second-order valence-corrected chi connectivity index (χ2v) is 8.56. The third-order valence-electron chi connectivity index (χ3n) is 6.45. The summed E-state index contributed by atoms with van der Waals surface area (Å²) in [4.78, 5) is 52.3. The topological polar surface area (TPSA) is 95.6 Å². The Morgan fingerprint density at radius 1 is 0.882 bits per heavy atom. The van der Waals surface area contributed by atoms with E-state index in [0.717, 1.165) is 28.9 Å². The normalized spacial score (nSPS) is 19.0. The summed E-state index contributed by atoms with van der Waals surface area (Å²) in [6.07, 6.45) is 2.14. The highest BCUT2D eigenvalue weighted by molar-refractivity contribution is 6.12. The van der Waals surface area contributed by atoms with Gasteiger partial charge in [0.05, 0.1) is 6.54 Å². The van der Waals surface area contributed by atoms with Gasteiger partial charge < -0.3 is 10.6 Å². The molecule has 7 nitrogen and oxygen atoms in total. The molecule has 4 amide bonds. The summed E-state index contributed by atoms with van der Waals surface area (Å²) in [6, 6.07) is 22.3. The van der Waals surface area contributed by atoms with Crippen molar-refractivity contribution in [1.29, 1.82) is 0 Å². The molecule has 1 heterocycles. The van der Waals surface area contributed by atoms with Gasteiger partial charge in [0.2, 0.25) is 0 Å². The summed E-state index contributed by atoms with van der Waals surface area (Å²) in [7, 11) is 0. The molecule has 0 unspecified atom stereocenters. The van der Waals surface area contributed by atoms with Crippen LogP contribution in [0.25, 0.3) is 0 Å². The lowest BCUT2D eigenvalue weighted by Crippen LogP contribution is -2.46. The van der Waals surface area contributed by atoms with E-state index in [1.807, 2.05) is 30.3 Å². The molecule has 0 radical (unpaired) electrons. The van der Waals surface area contributed by atoms with Crippen LogP contribution in [0.5, 0.6) is 0 Å². The molecule has 1 spiro atoms. The Kier molecular flexibility index (Phi) is 5.45. The van der Waals surface area contributed by atoms with E-state index in [9.17, 15) is 19.2 Å². The van der Waals surface area contributed by atoms with Crippen molar-refractivity contribution in [2.24, 2.45) is 0 Å². The highest BCUT2D eigenvalue weighted by atomic mass is 16.2. The summed E-state index contributed by atoms with van der Waals surface area (Å²) in [5.74, 6) is -0.993. The molecule has 2 aliphatic rings. The standard InChI is InChI=1S/C27H23N3O4/c31-23(19-12-14-21(15-13-19)28-24(32)20-8-2-1-3-9-20)17-30-25(33)27(29-26(30)34)16-6-10-18-7-4-5-11-22(18)27/h1-5,7-9,11-15H,6,10,16-17H2,(H,28,32)(H,29,34)/t27-/m0/s1. The van der Waals surface area contributed by atoms with Gasteiger partial charge in [0.1, 0.15) is 5.54 Å². The van der Waals surface area contributed by atoms with Crippen LogP contribution >= 0.6 is 0 Å². The molecule has 34 heavy (non-hydrogen) atoms. The number of carbonyl (C=O) groups is 4. The lowest BCUT2D eigenvalue weighted by molar-refractivity contribution is -0.131. The van der Waals surface area contributed by atoms with Gasteiger partial charge in [0, 0.05) is 16.8 Å². The Hall–Kier alpha value is -4.26. The summed E-state index contributed by atoms with van der Waals surface area (Å²) >= 11 is 0. The molecule has 1 aliphatic heterocycles. The van der Waals surface area contributed by atoms with E-state index in [-0.39, 0.29) is 24.1 Å². The predicted molar refractivity (Wildman–Crippen MR) is 126 cm³/mol. The Morgan fingerprint density at radius 3 is 2.35 bits per heavy atom. The van der Waals surface area contributed by atoms with Gasteiger partial charge in [-0.2, -0.15) is 0 Å². The molecule has 0 saturated carbocycles. The van der Waals surface area contributed by atoms with Crippen LogP contribution in [0.4, 0.5) is 10.5 Å². The Balaban J connectivity index is 1.29. The zero-order valence-corrected chi connectivity index (χ0v) is 18.4. The zero-order chi connectivity index (χ0) is 23.7. The van der Waals surface area contributed by atoms with Crippen LogP contribution in [0.15, 0.2) is 78.9 Å². The summed E-state index contributed by atoms with van der Waals surface area (Å²) < 4.78 is 0. The summed E-state index contributed by atoms with van der Waals surface area (Å²) in [5, 5.41) is 5.65. The number of aryl methyl sites for hydroxylation is 1. The van der Waals surface area contributed by atoms with E-state index < -0.39 is 11.6 Å². The number of benzene rings is 3. The van der Waals surface area contributed by atoms with Gasteiger partial charge in [-0.3, -0.25) is 19.3 Å². The van der Waals surface area contributed by atoms with Crippen LogP contribution in [0.3, 0.4) is 0 Å². The largest absolute Gasteiger partial charge is 0.325 e. The number of anilines is 1. The molecule has 7 heteroatoms. The fourth-order valence-electron chi connectivity index (χ4n) is 4.72. The highest BCUT2D eigenvalue weighted by Crippen LogP contribution is 2.39. The number of rotatable bonds is 5. The first kappa shape index (κ1) is 21.6. The molecule has 1 fully saturated rings. The van der Waals surface area contributed by atoms with Crippen molar-refractivity contribution >= 4 is 29.3 Å². The molecule has 2 N–H and O–H groups in total. The predicted octanol–water partition coefficient (Wildman–Crippen LogP) is 3.91. The molecule has 1 saturated heterocycles. The quantitative estimate of drug-likeness (QED) is 0.452. The van der Waals surface area contributed by atoms with Gasteiger partial charge in [-0.05, 0) is 66.8 Å². The van der Waals surface area contributed by atoms with Crippen molar-refractivity contribution in [2.45, 2.75) is 24.8 Å². The average molecular weight is 453 g/mol. The van der Waals surface area contributed by atoms with Crippen LogP contribution in [0.2, 0.25) is 0 Å². The SMILES string of the molecule is O=C(CN1C(=O)N[C@]2(CCCc3ccccc32)C1=O)c1ccc(NC(=O)c2ccccc2)cc1. The number of fused-ring (bicyclic) bond motifs is 2. The Bertz CT molecular complexity index is 1290. The molecule has 1 atom stereocenters. The number of nitrogens with one attached hydrogen (secondary N) is 2. The van der Waals surface area contributed by atoms with Crippen molar-refractivity contribution in [3.05, 3.63) is 101 Å². The van der Waals surface area contributed by atoms with E-state index in [2.05, 4.69) is 10.6 Å². The lowest BCUT2D eigenvalue weighted by atomic mass is 9.76. The highest BCUT2D eigenvalue weighted by Gasteiger charge is 2.54. The van der Waals surface area contributed by atoms with Crippen molar-refractivity contribution in [1.82, 2.24) is 10.2 Å². The number of imide groups is 1. The number of carbonyl (C=O) groups excluding carboxylic acids is 4. The second-order valence-electron chi connectivity index (χ2n) is 8.56. The minimum Gasteiger partial charge on any atom is -0.322 e. The van der Waals surface area contributed by atoms with Crippen molar-refractivity contribution in [3.8, 4) is 0 Å². The van der Waals surface area contributed by atoms with Crippen LogP contribution < -0.4 is 10.6 Å². The van der Waals surface area contributed by atoms with Gasteiger partial charge in [0.25, 0.3) is 11.8 Å². The zero-order valence-electron chi connectivity index (χ0n) is 18.4. The number of ketones is 1. The first-order valence-electron chi connectivity index (χ1n) is 11.2. The minimum atomic E-state index is -1.10. The number of Topliss-reactive ketones (excluding diaryl/α,β-unsaturated/α-hetero) is 1. The number of amides is 4. The first-order chi connectivity index (χ1) is 16.5. The van der Waals surface area contributed by atoms with Crippen molar-refractivity contribution in [3.63, 3.8) is 0 Å². The lowest BCUT2D eigenvalue weighted by Gasteiger charge is -2.33. The maximum absolute atomic E-state index is 13.4. The van der Waals surface area contributed by atoms with Crippen LogP contribution in [0.1, 0.15) is 44.7 Å². The minimum absolute atomic E-state index is 0.253.